The summed E-state index contributed by atoms with van der Waals surface area (Å²) >= 11 is 5.98. The van der Waals surface area contributed by atoms with Crippen LogP contribution in [-0.4, -0.2) is 27.2 Å². The second kappa shape index (κ2) is 9.03. The number of nitrogens with zero attached hydrogens (tertiary/aromatic N) is 1. The zero-order valence-corrected chi connectivity index (χ0v) is 14.9. The van der Waals surface area contributed by atoms with E-state index in [-0.39, 0.29) is 0 Å². The monoisotopic (exact) mass is 347 g/mol. The molecule has 0 heterocycles. The number of halogens is 1. The zero-order valence-electron chi connectivity index (χ0n) is 14.1. The summed E-state index contributed by atoms with van der Waals surface area (Å²) in [5, 5.41) is 7.19. The second-order valence-corrected chi connectivity index (χ2v) is 5.52. The molecule has 0 saturated carbocycles. The Kier molecular flexibility index (Phi) is 6.75. The molecule has 0 amide bonds. The van der Waals surface area contributed by atoms with Crippen molar-refractivity contribution >= 4 is 17.6 Å². The van der Waals surface area contributed by atoms with Crippen LogP contribution in [0.25, 0.3) is 0 Å². The summed E-state index contributed by atoms with van der Waals surface area (Å²) in [6.45, 7) is 1.23. The smallest absolute Gasteiger partial charge is 0.191 e. The van der Waals surface area contributed by atoms with Gasteiger partial charge in [0.1, 0.15) is 11.5 Å². The van der Waals surface area contributed by atoms with Gasteiger partial charge in [0.25, 0.3) is 0 Å². The van der Waals surface area contributed by atoms with Crippen LogP contribution in [0.4, 0.5) is 0 Å². The van der Waals surface area contributed by atoms with Crippen LogP contribution < -0.4 is 20.1 Å². The number of nitrogens with one attached hydrogen (secondary N) is 2. The number of rotatable bonds is 6. The summed E-state index contributed by atoms with van der Waals surface area (Å²) in [5.41, 5.74) is 2.12. The van der Waals surface area contributed by atoms with Gasteiger partial charge < -0.3 is 20.1 Å². The van der Waals surface area contributed by atoms with Crippen molar-refractivity contribution < 1.29 is 9.47 Å². The van der Waals surface area contributed by atoms with Gasteiger partial charge >= 0.3 is 0 Å². The van der Waals surface area contributed by atoms with Crippen molar-refractivity contribution in [1.29, 1.82) is 0 Å². The highest BCUT2D eigenvalue weighted by Crippen LogP contribution is 2.22. The van der Waals surface area contributed by atoms with E-state index in [1.54, 1.807) is 27.3 Å². The second-order valence-electron chi connectivity index (χ2n) is 5.09. The largest absolute Gasteiger partial charge is 0.497 e. The average molecular weight is 348 g/mol. The maximum atomic E-state index is 5.98. The SMILES string of the molecule is CN=C(NCc1cccc(OC)c1)NCc1ccc(Cl)cc1OC. The molecule has 128 valence electrons. The first-order chi connectivity index (χ1) is 11.7. The number of hydrogen-bond acceptors (Lipinski definition) is 3. The highest BCUT2D eigenvalue weighted by molar-refractivity contribution is 6.30. The van der Waals surface area contributed by atoms with E-state index in [1.165, 1.54) is 0 Å². The Balaban J connectivity index is 1.93. The minimum atomic E-state index is 0.581. The first-order valence-electron chi connectivity index (χ1n) is 7.56. The molecule has 0 spiro atoms. The van der Waals surface area contributed by atoms with Crippen LogP contribution in [0, 0.1) is 0 Å². The summed E-state index contributed by atoms with van der Waals surface area (Å²) < 4.78 is 10.6. The van der Waals surface area contributed by atoms with Gasteiger partial charge in [-0.15, -0.1) is 0 Å². The van der Waals surface area contributed by atoms with Gasteiger partial charge in [0.05, 0.1) is 14.2 Å². The third kappa shape index (κ3) is 5.06. The molecule has 24 heavy (non-hydrogen) atoms. The highest BCUT2D eigenvalue weighted by atomic mass is 35.5. The zero-order chi connectivity index (χ0) is 17.4. The van der Waals surface area contributed by atoms with E-state index in [2.05, 4.69) is 15.6 Å². The maximum absolute atomic E-state index is 5.98. The van der Waals surface area contributed by atoms with E-state index in [1.807, 2.05) is 36.4 Å². The van der Waals surface area contributed by atoms with Crippen LogP contribution in [0.5, 0.6) is 11.5 Å². The Morgan fingerprint density at radius 2 is 1.83 bits per heavy atom. The number of aliphatic imine (C=N–C) groups is 1. The Hall–Kier alpha value is -2.40. The predicted molar refractivity (Wildman–Crippen MR) is 98.0 cm³/mol. The van der Waals surface area contributed by atoms with Gasteiger partial charge in [-0.05, 0) is 29.8 Å². The number of hydrogen-bond donors (Lipinski definition) is 2. The van der Waals surface area contributed by atoms with Gasteiger partial charge in [0.2, 0.25) is 0 Å². The third-order valence-electron chi connectivity index (χ3n) is 3.51. The molecule has 2 aromatic carbocycles. The molecule has 0 aliphatic carbocycles. The molecule has 5 nitrogen and oxygen atoms in total. The van der Waals surface area contributed by atoms with Crippen molar-refractivity contribution in [2.24, 2.45) is 4.99 Å². The van der Waals surface area contributed by atoms with Gasteiger partial charge in [0.15, 0.2) is 5.96 Å². The van der Waals surface area contributed by atoms with Crippen LogP contribution in [-0.2, 0) is 13.1 Å². The molecule has 0 aliphatic heterocycles. The summed E-state index contributed by atoms with van der Waals surface area (Å²) in [5.74, 6) is 2.29. The van der Waals surface area contributed by atoms with Crippen molar-refractivity contribution in [3.05, 3.63) is 58.6 Å². The first-order valence-corrected chi connectivity index (χ1v) is 7.94. The molecular weight excluding hydrogens is 326 g/mol. The van der Waals surface area contributed by atoms with Crippen molar-refractivity contribution in [3.8, 4) is 11.5 Å². The van der Waals surface area contributed by atoms with Crippen LogP contribution in [0.2, 0.25) is 5.02 Å². The van der Waals surface area contributed by atoms with Gasteiger partial charge in [-0.2, -0.15) is 0 Å². The summed E-state index contributed by atoms with van der Waals surface area (Å²) in [6, 6.07) is 13.5. The highest BCUT2D eigenvalue weighted by Gasteiger charge is 2.05. The molecule has 6 heteroatoms. The molecule has 0 unspecified atom stereocenters. The van der Waals surface area contributed by atoms with Crippen LogP contribution >= 0.6 is 11.6 Å². The molecule has 2 aromatic rings. The molecule has 2 N–H and O–H groups in total. The van der Waals surface area contributed by atoms with Crippen molar-refractivity contribution in [1.82, 2.24) is 10.6 Å². The van der Waals surface area contributed by atoms with E-state index in [0.29, 0.717) is 24.1 Å². The Bertz CT molecular complexity index is 704. The molecule has 2 rings (SSSR count). The lowest BCUT2D eigenvalue weighted by Gasteiger charge is -2.14. The molecule has 0 atom stereocenters. The van der Waals surface area contributed by atoms with E-state index < -0.39 is 0 Å². The number of guanidine groups is 1. The lowest BCUT2D eigenvalue weighted by Crippen LogP contribution is -2.36. The van der Waals surface area contributed by atoms with Crippen molar-refractivity contribution in [2.75, 3.05) is 21.3 Å². The Morgan fingerprint density at radius 1 is 1.04 bits per heavy atom. The van der Waals surface area contributed by atoms with E-state index >= 15 is 0 Å². The van der Waals surface area contributed by atoms with E-state index in [9.17, 15) is 0 Å². The van der Waals surface area contributed by atoms with Crippen LogP contribution in [0.3, 0.4) is 0 Å². The lowest BCUT2D eigenvalue weighted by atomic mass is 10.2. The maximum Gasteiger partial charge on any atom is 0.191 e. The standard InChI is InChI=1S/C18H22ClN3O2/c1-20-18(21-11-13-5-4-6-16(9-13)23-2)22-12-14-7-8-15(19)10-17(14)24-3/h4-10H,11-12H2,1-3H3,(H2,20,21,22). The topological polar surface area (TPSA) is 54.9 Å². The predicted octanol–water partition coefficient (Wildman–Crippen LogP) is 3.22. The molecule has 0 aliphatic rings. The molecule has 0 saturated heterocycles. The number of ether oxygens (including phenoxy) is 2. The minimum absolute atomic E-state index is 0.581. The fraction of sp³-hybridized carbons (Fsp3) is 0.278. The summed E-state index contributed by atoms with van der Waals surface area (Å²) in [7, 11) is 5.03. The first kappa shape index (κ1) is 17.9. The number of methoxy groups -OCH3 is 2. The minimum Gasteiger partial charge on any atom is -0.497 e. The normalized spacial score (nSPS) is 11.1. The van der Waals surface area contributed by atoms with Gasteiger partial charge in [-0.3, -0.25) is 4.99 Å². The van der Waals surface area contributed by atoms with Crippen molar-refractivity contribution in [2.45, 2.75) is 13.1 Å². The molecule has 0 bridgehead atoms. The number of benzene rings is 2. The quantitative estimate of drug-likeness (QED) is 0.622. The van der Waals surface area contributed by atoms with Gasteiger partial charge in [-0.1, -0.05) is 29.8 Å². The Morgan fingerprint density at radius 3 is 2.54 bits per heavy atom. The fourth-order valence-electron chi connectivity index (χ4n) is 2.23. The molecule has 0 radical (unpaired) electrons. The van der Waals surface area contributed by atoms with Crippen LogP contribution in [0.15, 0.2) is 47.5 Å². The Labute approximate surface area is 147 Å². The van der Waals surface area contributed by atoms with Crippen LogP contribution in [0.1, 0.15) is 11.1 Å². The van der Waals surface area contributed by atoms with Crippen molar-refractivity contribution in [3.63, 3.8) is 0 Å². The van der Waals surface area contributed by atoms with Gasteiger partial charge in [0, 0.05) is 30.7 Å². The molecule has 0 aromatic heterocycles. The van der Waals surface area contributed by atoms with Gasteiger partial charge in [-0.25, -0.2) is 0 Å². The molecule has 0 fully saturated rings. The average Bonchev–Trinajstić information content (AvgIpc) is 2.62. The summed E-state index contributed by atoms with van der Waals surface area (Å²) in [4.78, 5) is 4.23. The van der Waals surface area contributed by atoms with E-state index in [0.717, 1.165) is 22.6 Å². The third-order valence-corrected chi connectivity index (χ3v) is 3.75. The van der Waals surface area contributed by atoms with E-state index in [4.69, 9.17) is 21.1 Å². The molecular formula is C18H22ClN3O2. The lowest BCUT2D eigenvalue weighted by molar-refractivity contribution is 0.409. The summed E-state index contributed by atoms with van der Waals surface area (Å²) in [6.07, 6.45) is 0. The fourth-order valence-corrected chi connectivity index (χ4v) is 2.39.